The Morgan fingerprint density at radius 2 is 1.95 bits per heavy atom. The Balaban J connectivity index is 2.63. The maximum absolute atomic E-state index is 12.0. The fraction of sp³-hybridized carbons (Fsp3) is 0.944. The smallest absolute Gasteiger partial charge is 0.222 e. The lowest BCUT2D eigenvalue weighted by Crippen LogP contribution is -2.52. The SMILES string of the molecule is CCCCN1CC(CC(C)(C)C)CC(NC(=O)C(C)C)C1. The summed E-state index contributed by atoms with van der Waals surface area (Å²) < 4.78 is 0. The Morgan fingerprint density at radius 3 is 2.48 bits per heavy atom. The van der Waals surface area contributed by atoms with E-state index in [9.17, 15) is 4.79 Å². The minimum Gasteiger partial charge on any atom is -0.352 e. The van der Waals surface area contributed by atoms with Gasteiger partial charge in [0.1, 0.15) is 0 Å². The van der Waals surface area contributed by atoms with Crippen molar-refractivity contribution in [1.29, 1.82) is 0 Å². The number of piperidine rings is 1. The lowest BCUT2D eigenvalue weighted by Gasteiger charge is -2.40. The Hall–Kier alpha value is -0.570. The number of unbranched alkanes of at least 4 members (excludes halogenated alkanes) is 1. The van der Waals surface area contributed by atoms with Gasteiger partial charge < -0.3 is 10.2 Å². The first-order chi connectivity index (χ1) is 9.71. The predicted molar refractivity (Wildman–Crippen MR) is 90.3 cm³/mol. The summed E-state index contributed by atoms with van der Waals surface area (Å²) in [7, 11) is 0. The molecule has 2 unspecified atom stereocenters. The maximum atomic E-state index is 12.0. The molecule has 0 bridgehead atoms. The third-order valence-corrected chi connectivity index (χ3v) is 4.21. The Labute approximate surface area is 131 Å². The zero-order chi connectivity index (χ0) is 16.0. The number of rotatable bonds is 6. The van der Waals surface area contributed by atoms with Crippen molar-refractivity contribution in [3.8, 4) is 0 Å². The van der Waals surface area contributed by atoms with E-state index in [2.05, 4.69) is 37.9 Å². The number of nitrogens with one attached hydrogen (secondary N) is 1. The highest BCUT2D eigenvalue weighted by atomic mass is 16.1. The summed E-state index contributed by atoms with van der Waals surface area (Å²) in [6.45, 7) is 16.5. The highest BCUT2D eigenvalue weighted by molar-refractivity contribution is 5.78. The van der Waals surface area contributed by atoms with E-state index in [1.807, 2.05) is 13.8 Å². The molecule has 2 atom stereocenters. The van der Waals surface area contributed by atoms with Gasteiger partial charge in [0.05, 0.1) is 0 Å². The van der Waals surface area contributed by atoms with Crippen LogP contribution in [0.1, 0.15) is 67.2 Å². The highest BCUT2D eigenvalue weighted by Gasteiger charge is 2.30. The molecule has 0 aromatic heterocycles. The second-order valence-corrected chi connectivity index (χ2v) is 8.34. The van der Waals surface area contributed by atoms with Crippen LogP contribution in [0, 0.1) is 17.3 Å². The third-order valence-electron chi connectivity index (χ3n) is 4.21. The average molecular weight is 296 g/mol. The van der Waals surface area contributed by atoms with E-state index in [0.717, 1.165) is 13.0 Å². The lowest BCUT2D eigenvalue weighted by atomic mass is 9.80. The molecule has 3 nitrogen and oxygen atoms in total. The summed E-state index contributed by atoms with van der Waals surface area (Å²) in [4.78, 5) is 14.6. The van der Waals surface area contributed by atoms with E-state index in [4.69, 9.17) is 0 Å². The van der Waals surface area contributed by atoms with Crippen molar-refractivity contribution in [2.75, 3.05) is 19.6 Å². The molecule has 1 aliphatic rings. The topological polar surface area (TPSA) is 32.3 Å². The molecule has 0 aromatic carbocycles. The summed E-state index contributed by atoms with van der Waals surface area (Å²) in [5, 5.41) is 3.26. The van der Waals surface area contributed by atoms with Crippen molar-refractivity contribution < 1.29 is 4.79 Å². The summed E-state index contributed by atoms with van der Waals surface area (Å²) in [6.07, 6.45) is 4.87. The molecule has 0 saturated carbocycles. The van der Waals surface area contributed by atoms with Gasteiger partial charge in [-0.3, -0.25) is 4.79 Å². The van der Waals surface area contributed by atoms with Crippen molar-refractivity contribution in [3.63, 3.8) is 0 Å². The number of carbonyl (C=O) groups is 1. The molecule has 1 amide bonds. The molecule has 0 aromatic rings. The van der Waals surface area contributed by atoms with Gasteiger partial charge in [0.25, 0.3) is 0 Å². The van der Waals surface area contributed by atoms with Gasteiger partial charge in [-0.15, -0.1) is 0 Å². The van der Waals surface area contributed by atoms with E-state index in [-0.39, 0.29) is 11.8 Å². The fourth-order valence-corrected chi connectivity index (χ4v) is 3.35. The Kier molecular flexibility index (Phi) is 7.19. The monoisotopic (exact) mass is 296 g/mol. The third kappa shape index (κ3) is 7.30. The van der Waals surface area contributed by atoms with Crippen molar-refractivity contribution >= 4 is 5.91 Å². The second-order valence-electron chi connectivity index (χ2n) is 8.34. The van der Waals surface area contributed by atoms with Gasteiger partial charge in [-0.25, -0.2) is 0 Å². The van der Waals surface area contributed by atoms with Crippen LogP contribution in [-0.4, -0.2) is 36.5 Å². The minimum atomic E-state index is 0.0806. The summed E-state index contributed by atoms with van der Waals surface area (Å²) >= 11 is 0. The number of hydrogen-bond acceptors (Lipinski definition) is 2. The van der Waals surface area contributed by atoms with Crippen LogP contribution in [0.5, 0.6) is 0 Å². The van der Waals surface area contributed by atoms with Crippen molar-refractivity contribution in [1.82, 2.24) is 10.2 Å². The molecule has 21 heavy (non-hydrogen) atoms. The second kappa shape index (κ2) is 8.17. The first-order valence-corrected chi connectivity index (χ1v) is 8.74. The van der Waals surface area contributed by atoms with Crippen LogP contribution in [0.2, 0.25) is 0 Å². The zero-order valence-corrected chi connectivity index (χ0v) is 15.0. The first-order valence-electron chi connectivity index (χ1n) is 8.74. The Bertz CT molecular complexity index is 320. The summed E-state index contributed by atoms with van der Waals surface area (Å²) in [6, 6.07) is 0.331. The standard InChI is InChI=1S/C18H36N2O/c1-7-8-9-20-12-15(11-18(4,5)6)10-16(13-20)19-17(21)14(2)3/h14-16H,7-13H2,1-6H3,(H,19,21). The molecule has 1 saturated heterocycles. The van der Waals surface area contributed by atoms with E-state index in [1.165, 1.54) is 32.4 Å². The van der Waals surface area contributed by atoms with Gasteiger partial charge in [-0.1, -0.05) is 48.0 Å². The molecule has 0 aliphatic carbocycles. The van der Waals surface area contributed by atoms with Gasteiger partial charge in [0, 0.05) is 25.0 Å². The number of carbonyl (C=O) groups excluding carboxylic acids is 1. The number of hydrogen-bond donors (Lipinski definition) is 1. The van der Waals surface area contributed by atoms with Gasteiger partial charge in [-0.05, 0) is 37.1 Å². The quantitative estimate of drug-likeness (QED) is 0.811. The molecule has 124 valence electrons. The molecule has 1 heterocycles. The zero-order valence-electron chi connectivity index (χ0n) is 15.0. The molecule has 1 rings (SSSR count). The average Bonchev–Trinajstić information content (AvgIpc) is 2.33. The van der Waals surface area contributed by atoms with Crippen molar-refractivity contribution in [3.05, 3.63) is 0 Å². The molecular weight excluding hydrogens is 260 g/mol. The van der Waals surface area contributed by atoms with E-state index < -0.39 is 0 Å². The van der Waals surface area contributed by atoms with E-state index >= 15 is 0 Å². The number of amides is 1. The minimum absolute atomic E-state index is 0.0806. The predicted octanol–water partition coefficient (Wildman–Crippen LogP) is 3.69. The number of likely N-dealkylation sites (tertiary alicyclic amines) is 1. The normalized spacial score (nSPS) is 24.3. The van der Waals surface area contributed by atoms with Gasteiger partial charge in [0.15, 0.2) is 0 Å². The lowest BCUT2D eigenvalue weighted by molar-refractivity contribution is -0.125. The molecule has 3 heteroatoms. The maximum Gasteiger partial charge on any atom is 0.222 e. The van der Waals surface area contributed by atoms with Gasteiger partial charge >= 0.3 is 0 Å². The molecule has 0 radical (unpaired) electrons. The molecule has 1 fully saturated rings. The summed E-state index contributed by atoms with van der Waals surface area (Å²) in [5.74, 6) is 0.983. The van der Waals surface area contributed by atoms with Crippen LogP contribution in [0.4, 0.5) is 0 Å². The summed E-state index contributed by atoms with van der Waals surface area (Å²) in [5.41, 5.74) is 0.366. The van der Waals surface area contributed by atoms with Crippen molar-refractivity contribution in [2.45, 2.75) is 73.3 Å². The van der Waals surface area contributed by atoms with Crippen molar-refractivity contribution in [2.24, 2.45) is 17.3 Å². The van der Waals surface area contributed by atoms with Crippen LogP contribution in [0.25, 0.3) is 0 Å². The first kappa shape index (κ1) is 18.5. The van der Waals surface area contributed by atoms with Crippen LogP contribution >= 0.6 is 0 Å². The van der Waals surface area contributed by atoms with Crippen LogP contribution in [0.3, 0.4) is 0 Å². The van der Waals surface area contributed by atoms with Crippen LogP contribution < -0.4 is 5.32 Å². The molecular formula is C18H36N2O. The fourth-order valence-electron chi connectivity index (χ4n) is 3.35. The Morgan fingerprint density at radius 1 is 1.29 bits per heavy atom. The van der Waals surface area contributed by atoms with E-state index in [1.54, 1.807) is 0 Å². The molecule has 0 spiro atoms. The van der Waals surface area contributed by atoms with Crippen LogP contribution in [-0.2, 0) is 4.79 Å². The molecule has 1 aliphatic heterocycles. The van der Waals surface area contributed by atoms with Crippen LogP contribution in [0.15, 0.2) is 0 Å². The molecule has 1 N–H and O–H groups in total. The largest absolute Gasteiger partial charge is 0.352 e. The number of nitrogens with zero attached hydrogens (tertiary/aromatic N) is 1. The van der Waals surface area contributed by atoms with Gasteiger partial charge in [-0.2, -0.15) is 0 Å². The van der Waals surface area contributed by atoms with Gasteiger partial charge in [0.2, 0.25) is 5.91 Å². The highest BCUT2D eigenvalue weighted by Crippen LogP contribution is 2.30. The van der Waals surface area contributed by atoms with E-state index in [0.29, 0.717) is 17.4 Å².